The molecule has 1 nitrogen and oxygen atoms in total. The van der Waals surface area contributed by atoms with Gasteiger partial charge in [0.15, 0.2) is 0 Å². The molecule has 0 saturated carbocycles. The monoisotopic (exact) mass is 609 g/mol. The fraction of sp³-hybridized carbons (Fsp3) is 0.212. The molecule has 0 aliphatic rings. The van der Waals surface area contributed by atoms with E-state index in [2.05, 4.69) is 6.58 Å². The molecule has 1 atom stereocenters. The predicted molar refractivity (Wildman–Crippen MR) is 149 cm³/mol. The van der Waals surface area contributed by atoms with Gasteiger partial charge >= 0.3 is 12.4 Å². The third-order valence-electron chi connectivity index (χ3n) is 6.75. The zero-order chi connectivity index (χ0) is 32.1. The van der Waals surface area contributed by atoms with E-state index in [1.165, 1.54) is 13.0 Å². The molecule has 4 aromatic carbocycles. The van der Waals surface area contributed by atoms with E-state index in [0.29, 0.717) is 41.7 Å². The zero-order valence-corrected chi connectivity index (χ0v) is 23.2. The summed E-state index contributed by atoms with van der Waals surface area (Å²) in [5.74, 6) is -3.14. The summed E-state index contributed by atoms with van der Waals surface area (Å²) in [6, 6.07) is 17.8. The van der Waals surface area contributed by atoms with Gasteiger partial charge in [0.25, 0.3) is 0 Å². The Morgan fingerprint density at radius 1 is 0.767 bits per heavy atom. The van der Waals surface area contributed by atoms with Crippen LogP contribution >= 0.6 is 0 Å². The van der Waals surface area contributed by atoms with E-state index < -0.39 is 41.0 Å². The zero-order valence-electron chi connectivity index (χ0n) is 23.2. The van der Waals surface area contributed by atoms with Gasteiger partial charge in [-0.3, -0.25) is 0 Å². The minimum absolute atomic E-state index is 0.0157. The first-order chi connectivity index (χ1) is 20.0. The largest absolute Gasteiger partial charge is 0.419 e. The van der Waals surface area contributed by atoms with Crippen LogP contribution in [0.3, 0.4) is 0 Å². The normalized spacial score (nSPS) is 12.3. The summed E-state index contributed by atoms with van der Waals surface area (Å²) in [5, 5.41) is 0. The number of rotatable bonds is 6. The minimum atomic E-state index is -4.72. The van der Waals surface area contributed by atoms with Crippen LogP contribution in [0.5, 0.6) is 0 Å². The Labute approximate surface area is 243 Å². The van der Waals surface area contributed by atoms with Crippen LogP contribution in [0.4, 0.5) is 39.5 Å². The van der Waals surface area contributed by atoms with Crippen molar-refractivity contribution in [3.05, 3.63) is 147 Å². The molecule has 4 rings (SSSR count). The number of nitrogens with two attached hydrogens (primary N) is 1. The van der Waals surface area contributed by atoms with E-state index in [4.69, 9.17) is 5.73 Å². The highest BCUT2D eigenvalue weighted by Crippen LogP contribution is 2.36. The maximum absolute atomic E-state index is 14.0. The van der Waals surface area contributed by atoms with Gasteiger partial charge < -0.3 is 5.73 Å². The summed E-state index contributed by atoms with van der Waals surface area (Å²) < 4.78 is 117. The Kier molecular flexibility index (Phi) is 10.4. The van der Waals surface area contributed by atoms with Gasteiger partial charge in [-0.25, -0.2) is 13.2 Å². The summed E-state index contributed by atoms with van der Waals surface area (Å²) in [5.41, 5.74) is 5.60. The lowest BCUT2D eigenvalue weighted by molar-refractivity contribution is -0.140. The lowest BCUT2D eigenvalue weighted by atomic mass is 9.84. The Morgan fingerprint density at radius 3 is 1.98 bits per heavy atom. The molecule has 0 aliphatic carbocycles. The van der Waals surface area contributed by atoms with E-state index in [1.807, 2.05) is 30.3 Å². The van der Waals surface area contributed by atoms with Gasteiger partial charge in [0.1, 0.15) is 17.5 Å². The lowest BCUT2D eigenvalue weighted by Gasteiger charge is -2.21. The molecule has 0 aliphatic heterocycles. The molecule has 0 fully saturated rings. The standard InChI is InChI=1S/C23H19F5.C10H9F4N/c1-2-16-11-17(8-9-22(16)25)21(10-15-6-4-3-5-7-15)18-12-19(23(26,27)28)14-20(24)13-18;1-5-3-9(11)8(10(12,13)14)4-7(5)6(2)15/h3-9,11-14,21H,2,10H2,1H3;3-4H,2,15H2,1H3/t21-;/m0./s1. The average molecular weight is 610 g/mol. The molecule has 0 bridgehead atoms. The van der Waals surface area contributed by atoms with E-state index >= 15 is 0 Å². The van der Waals surface area contributed by atoms with Crippen LogP contribution in [0.15, 0.2) is 85.4 Å². The van der Waals surface area contributed by atoms with Crippen molar-refractivity contribution in [1.82, 2.24) is 0 Å². The molecule has 0 aromatic heterocycles. The van der Waals surface area contributed by atoms with Crippen LogP contribution in [0.1, 0.15) is 57.3 Å². The maximum atomic E-state index is 14.0. The Bertz CT molecular complexity index is 1570. The summed E-state index contributed by atoms with van der Waals surface area (Å²) in [6.07, 6.45) is -8.54. The van der Waals surface area contributed by atoms with Crippen molar-refractivity contribution in [2.24, 2.45) is 5.73 Å². The molecule has 0 radical (unpaired) electrons. The first-order valence-electron chi connectivity index (χ1n) is 13.0. The fourth-order valence-corrected chi connectivity index (χ4v) is 4.57. The van der Waals surface area contributed by atoms with Crippen molar-refractivity contribution in [3.63, 3.8) is 0 Å². The summed E-state index contributed by atoms with van der Waals surface area (Å²) in [4.78, 5) is 0. The minimum Gasteiger partial charge on any atom is -0.399 e. The van der Waals surface area contributed by atoms with Crippen LogP contribution in [-0.4, -0.2) is 0 Å². The quantitative estimate of drug-likeness (QED) is 0.216. The Balaban J connectivity index is 0.000000285. The second kappa shape index (κ2) is 13.4. The highest BCUT2D eigenvalue weighted by molar-refractivity contribution is 5.64. The van der Waals surface area contributed by atoms with Crippen LogP contribution in [-0.2, 0) is 25.2 Å². The molecule has 0 saturated heterocycles. The Morgan fingerprint density at radius 2 is 1.42 bits per heavy atom. The van der Waals surface area contributed by atoms with Gasteiger partial charge in [0, 0.05) is 17.2 Å². The van der Waals surface area contributed by atoms with Gasteiger partial charge in [-0.2, -0.15) is 26.3 Å². The predicted octanol–water partition coefficient (Wildman–Crippen LogP) is 10.0. The van der Waals surface area contributed by atoms with Crippen molar-refractivity contribution in [2.75, 3.05) is 0 Å². The Hall–Kier alpha value is -4.21. The topological polar surface area (TPSA) is 26.0 Å². The molecular weight excluding hydrogens is 581 g/mol. The van der Waals surface area contributed by atoms with E-state index in [9.17, 15) is 39.5 Å². The molecule has 0 spiro atoms. The summed E-state index contributed by atoms with van der Waals surface area (Å²) in [7, 11) is 0. The van der Waals surface area contributed by atoms with Crippen molar-refractivity contribution in [2.45, 2.75) is 45.0 Å². The molecular formula is C33H28F9N. The summed E-state index contributed by atoms with van der Waals surface area (Å²) >= 11 is 0. The first-order valence-corrected chi connectivity index (χ1v) is 13.0. The molecule has 0 unspecified atom stereocenters. The second-order valence-corrected chi connectivity index (χ2v) is 9.89. The van der Waals surface area contributed by atoms with Gasteiger partial charge in [0.05, 0.1) is 11.1 Å². The van der Waals surface area contributed by atoms with Gasteiger partial charge in [0.2, 0.25) is 0 Å². The van der Waals surface area contributed by atoms with Crippen molar-refractivity contribution in [3.8, 4) is 0 Å². The third kappa shape index (κ3) is 8.65. The number of halogens is 9. The molecule has 43 heavy (non-hydrogen) atoms. The SMILES string of the molecule is C=C(N)c1cc(C(F)(F)F)c(F)cc1C.CCc1cc([C@H](Cc2ccccc2)c2cc(F)cc(C(F)(F)F)c2)ccc1F. The first kappa shape index (κ1) is 33.3. The smallest absolute Gasteiger partial charge is 0.399 e. The van der Waals surface area contributed by atoms with Crippen LogP contribution in [0, 0.1) is 24.4 Å². The van der Waals surface area contributed by atoms with Crippen LogP contribution < -0.4 is 5.73 Å². The van der Waals surface area contributed by atoms with E-state index in [1.54, 1.807) is 19.1 Å². The highest BCUT2D eigenvalue weighted by Gasteiger charge is 2.35. The fourth-order valence-electron chi connectivity index (χ4n) is 4.57. The van der Waals surface area contributed by atoms with Gasteiger partial charge in [-0.1, -0.05) is 56.0 Å². The van der Waals surface area contributed by atoms with Gasteiger partial charge in [-0.15, -0.1) is 0 Å². The number of hydrogen-bond acceptors (Lipinski definition) is 1. The van der Waals surface area contributed by atoms with Crippen LogP contribution in [0.25, 0.3) is 5.70 Å². The van der Waals surface area contributed by atoms with Crippen molar-refractivity contribution < 1.29 is 39.5 Å². The lowest BCUT2D eigenvalue weighted by Crippen LogP contribution is -2.11. The average Bonchev–Trinajstić information content (AvgIpc) is 2.91. The van der Waals surface area contributed by atoms with Crippen molar-refractivity contribution >= 4 is 5.70 Å². The number of hydrogen-bond donors (Lipinski definition) is 1. The van der Waals surface area contributed by atoms with Gasteiger partial charge in [-0.05, 0) is 84.0 Å². The molecule has 0 heterocycles. The number of alkyl halides is 6. The van der Waals surface area contributed by atoms with E-state index in [-0.39, 0.29) is 22.6 Å². The number of aryl methyl sites for hydroxylation is 2. The summed E-state index contributed by atoms with van der Waals surface area (Å²) in [6.45, 7) is 6.60. The van der Waals surface area contributed by atoms with E-state index in [0.717, 1.165) is 23.8 Å². The van der Waals surface area contributed by atoms with Crippen LogP contribution in [0.2, 0.25) is 0 Å². The molecule has 0 amide bonds. The van der Waals surface area contributed by atoms with Crippen molar-refractivity contribution in [1.29, 1.82) is 0 Å². The second-order valence-electron chi connectivity index (χ2n) is 9.89. The molecule has 228 valence electrons. The molecule has 2 N–H and O–H groups in total. The molecule has 10 heteroatoms. The molecule has 4 aromatic rings. The third-order valence-corrected chi connectivity index (χ3v) is 6.75. The number of benzene rings is 4. The maximum Gasteiger partial charge on any atom is 0.419 e. The highest BCUT2D eigenvalue weighted by atomic mass is 19.4.